The van der Waals surface area contributed by atoms with Crippen molar-refractivity contribution >= 4 is 10.5 Å². The smallest absolute Gasteiger partial charge is 0.146 e. The summed E-state index contributed by atoms with van der Waals surface area (Å²) in [6, 6.07) is 0. The average Bonchev–Trinajstić information content (AvgIpc) is 2.93. The van der Waals surface area contributed by atoms with E-state index in [1.54, 1.807) is 0 Å². The van der Waals surface area contributed by atoms with E-state index in [-0.39, 0.29) is 5.60 Å². The summed E-state index contributed by atoms with van der Waals surface area (Å²) in [5.74, 6) is 0.898. The van der Waals surface area contributed by atoms with Gasteiger partial charge in [0.1, 0.15) is 10.5 Å². The minimum atomic E-state index is 0.119. The van der Waals surface area contributed by atoms with Gasteiger partial charge >= 0.3 is 0 Å². The van der Waals surface area contributed by atoms with Crippen molar-refractivity contribution in [1.29, 1.82) is 0 Å². The van der Waals surface area contributed by atoms with E-state index < -0.39 is 0 Å². The predicted octanol–water partition coefficient (Wildman–Crippen LogP) is 1.41. The fraction of sp³-hybridized carbons (Fsp3) is 1.00. The fourth-order valence-corrected chi connectivity index (χ4v) is 2.61. The molecule has 14 heavy (non-hydrogen) atoms. The molecule has 3 heteroatoms. The van der Waals surface area contributed by atoms with Gasteiger partial charge in [-0.1, -0.05) is 0 Å². The molecule has 82 valence electrons. The molecule has 0 amide bonds. The molecule has 2 fully saturated rings. The molecule has 1 heterocycles. The standard InChI is InChI=1S/C11H22O2Si/c1-11(2,13-14)6-5-8-3-4-9-10(7-8)12-9/h8-10H,3-7H2,1-2,14H3. The van der Waals surface area contributed by atoms with Crippen LogP contribution >= 0.6 is 0 Å². The molecule has 0 aromatic carbocycles. The Balaban J connectivity index is 1.70. The Labute approximate surface area is 89.9 Å². The van der Waals surface area contributed by atoms with Gasteiger partial charge < -0.3 is 9.16 Å². The molecule has 0 radical (unpaired) electrons. The van der Waals surface area contributed by atoms with Gasteiger partial charge in [-0.3, -0.25) is 0 Å². The fourth-order valence-electron chi connectivity index (χ4n) is 2.40. The summed E-state index contributed by atoms with van der Waals surface area (Å²) in [7, 11) is 0.855. The van der Waals surface area contributed by atoms with E-state index in [2.05, 4.69) is 13.8 Å². The lowest BCUT2D eigenvalue weighted by Crippen LogP contribution is -2.25. The Hall–Kier alpha value is 0.137. The van der Waals surface area contributed by atoms with Crippen LogP contribution in [0.4, 0.5) is 0 Å². The third-order valence-electron chi connectivity index (χ3n) is 3.82. The van der Waals surface area contributed by atoms with Crippen LogP contribution in [0.5, 0.6) is 0 Å². The van der Waals surface area contributed by atoms with Crippen LogP contribution in [0.25, 0.3) is 0 Å². The summed E-state index contributed by atoms with van der Waals surface area (Å²) in [5.41, 5.74) is 0.119. The number of ether oxygens (including phenoxy) is 1. The van der Waals surface area contributed by atoms with E-state index >= 15 is 0 Å². The molecule has 1 aliphatic carbocycles. The van der Waals surface area contributed by atoms with Gasteiger partial charge in [-0.05, 0) is 51.9 Å². The largest absolute Gasteiger partial charge is 0.423 e. The highest BCUT2D eigenvalue weighted by molar-refractivity contribution is 5.98. The van der Waals surface area contributed by atoms with Crippen LogP contribution in [0.1, 0.15) is 46.0 Å². The first-order chi connectivity index (χ1) is 6.61. The minimum absolute atomic E-state index is 0.119. The molecule has 2 aliphatic rings. The molecule has 1 saturated heterocycles. The van der Waals surface area contributed by atoms with E-state index in [4.69, 9.17) is 9.16 Å². The van der Waals surface area contributed by atoms with Gasteiger partial charge in [-0.25, -0.2) is 0 Å². The molecule has 2 rings (SSSR count). The van der Waals surface area contributed by atoms with E-state index in [0.29, 0.717) is 12.2 Å². The molecular weight excluding hydrogens is 192 g/mol. The van der Waals surface area contributed by atoms with Crippen LogP contribution in [-0.4, -0.2) is 28.3 Å². The second-order valence-electron chi connectivity index (χ2n) is 5.39. The summed E-state index contributed by atoms with van der Waals surface area (Å²) in [4.78, 5) is 0. The van der Waals surface area contributed by atoms with Gasteiger partial charge in [0.25, 0.3) is 0 Å². The summed E-state index contributed by atoms with van der Waals surface area (Å²) in [6.45, 7) is 4.42. The number of rotatable bonds is 4. The van der Waals surface area contributed by atoms with Gasteiger partial charge in [-0.15, -0.1) is 0 Å². The maximum Gasteiger partial charge on any atom is 0.146 e. The third-order valence-corrected chi connectivity index (χ3v) is 4.93. The lowest BCUT2D eigenvalue weighted by molar-refractivity contribution is 0.101. The number of fused-ring (bicyclic) bond motifs is 1. The summed E-state index contributed by atoms with van der Waals surface area (Å²) >= 11 is 0. The third kappa shape index (κ3) is 2.58. The molecule has 1 aliphatic heterocycles. The van der Waals surface area contributed by atoms with Crippen LogP contribution in [0, 0.1) is 5.92 Å². The topological polar surface area (TPSA) is 21.8 Å². The summed E-state index contributed by atoms with van der Waals surface area (Å²) in [6.07, 6.45) is 7.79. The lowest BCUT2D eigenvalue weighted by Gasteiger charge is -2.27. The van der Waals surface area contributed by atoms with Gasteiger partial charge in [0.05, 0.1) is 12.2 Å². The van der Waals surface area contributed by atoms with Crippen LogP contribution in [0.15, 0.2) is 0 Å². The first-order valence-corrected chi connectivity index (χ1v) is 6.63. The normalized spacial score (nSPS) is 36.9. The monoisotopic (exact) mass is 214 g/mol. The Morgan fingerprint density at radius 3 is 2.79 bits per heavy atom. The van der Waals surface area contributed by atoms with Gasteiger partial charge in [0.15, 0.2) is 0 Å². The van der Waals surface area contributed by atoms with Crippen molar-refractivity contribution in [2.45, 2.75) is 63.8 Å². The maximum absolute atomic E-state index is 5.57. The van der Waals surface area contributed by atoms with Crippen LogP contribution < -0.4 is 0 Å². The average molecular weight is 214 g/mol. The quantitative estimate of drug-likeness (QED) is 0.521. The van der Waals surface area contributed by atoms with E-state index in [1.165, 1.54) is 32.1 Å². The van der Waals surface area contributed by atoms with Crippen molar-refractivity contribution in [3.63, 3.8) is 0 Å². The van der Waals surface area contributed by atoms with E-state index in [9.17, 15) is 0 Å². The Bertz CT molecular complexity index is 205. The molecule has 0 bridgehead atoms. The minimum Gasteiger partial charge on any atom is -0.423 e. The van der Waals surface area contributed by atoms with Crippen molar-refractivity contribution in [1.82, 2.24) is 0 Å². The lowest BCUT2D eigenvalue weighted by atomic mass is 9.84. The SMILES string of the molecule is CC(C)(CCC1CCC2OC2C1)O[SiH3]. The zero-order chi connectivity index (χ0) is 10.2. The Kier molecular flexibility index (Phi) is 3.00. The maximum atomic E-state index is 5.57. The second kappa shape index (κ2) is 3.95. The highest BCUT2D eigenvalue weighted by Gasteiger charge is 2.43. The Morgan fingerprint density at radius 1 is 1.36 bits per heavy atom. The second-order valence-corrected chi connectivity index (χ2v) is 5.80. The van der Waals surface area contributed by atoms with Crippen LogP contribution in [-0.2, 0) is 9.16 Å². The zero-order valence-corrected chi connectivity index (χ0v) is 11.6. The molecule has 0 aromatic rings. The first-order valence-electron chi connectivity index (χ1n) is 5.81. The van der Waals surface area contributed by atoms with Crippen molar-refractivity contribution in [3.8, 4) is 0 Å². The predicted molar refractivity (Wildman–Crippen MR) is 60.3 cm³/mol. The highest BCUT2D eigenvalue weighted by Crippen LogP contribution is 2.41. The van der Waals surface area contributed by atoms with Crippen LogP contribution in [0.3, 0.4) is 0 Å². The van der Waals surface area contributed by atoms with Crippen molar-refractivity contribution in [3.05, 3.63) is 0 Å². The highest BCUT2D eigenvalue weighted by atomic mass is 28.2. The molecule has 0 N–H and O–H groups in total. The van der Waals surface area contributed by atoms with Gasteiger partial charge in [0, 0.05) is 5.60 Å². The van der Waals surface area contributed by atoms with Gasteiger partial charge in [-0.2, -0.15) is 0 Å². The summed E-state index contributed by atoms with van der Waals surface area (Å²) in [5, 5.41) is 0. The van der Waals surface area contributed by atoms with Crippen LogP contribution in [0.2, 0.25) is 0 Å². The zero-order valence-electron chi connectivity index (χ0n) is 9.58. The molecule has 1 saturated carbocycles. The number of hydrogen-bond donors (Lipinski definition) is 0. The molecule has 0 spiro atoms. The van der Waals surface area contributed by atoms with Gasteiger partial charge in [0.2, 0.25) is 0 Å². The molecule has 0 aromatic heterocycles. The van der Waals surface area contributed by atoms with Crippen molar-refractivity contribution in [2.24, 2.45) is 5.92 Å². The van der Waals surface area contributed by atoms with E-state index in [1.807, 2.05) is 0 Å². The molecule has 3 unspecified atom stereocenters. The Morgan fingerprint density at radius 2 is 2.14 bits per heavy atom. The number of hydrogen-bond acceptors (Lipinski definition) is 2. The van der Waals surface area contributed by atoms with Crippen molar-refractivity contribution in [2.75, 3.05) is 0 Å². The first kappa shape index (κ1) is 10.6. The van der Waals surface area contributed by atoms with Crippen molar-refractivity contribution < 1.29 is 9.16 Å². The van der Waals surface area contributed by atoms with E-state index in [0.717, 1.165) is 16.4 Å². The summed E-state index contributed by atoms with van der Waals surface area (Å²) < 4.78 is 11.1. The molecule has 3 atom stereocenters. The number of epoxide rings is 1. The molecular formula is C11H22O2Si. The molecule has 2 nitrogen and oxygen atoms in total.